The molecule has 0 aliphatic carbocycles. The van der Waals surface area contributed by atoms with Gasteiger partial charge in [0.15, 0.2) is 0 Å². The number of carbonyl (C=O) groups excluding carboxylic acids is 1. The highest BCUT2D eigenvalue weighted by Crippen LogP contribution is 2.29. The number of rotatable bonds is 3. The van der Waals surface area contributed by atoms with Crippen molar-refractivity contribution in [1.29, 1.82) is 0 Å². The van der Waals surface area contributed by atoms with Crippen molar-refractivity contribution in [1.82, 2.24) is 5.32 Å². The zero-order valence-electron chi connectivity index (χ0n) is 12.7. The Morgan fingerprint density at radius 2 is 2.29 bits per heavy atom. The number of aryl methyl sites for hydroxylation is 2. The molecule has 0 saturated carbocycles. The minimum Gasteiger partial charge on any atom is -0.316 e. The fourth-order valence-electron chi connectivity index (χ4n) is 3.41. The highest BCUT2D eigenvalue weighted by atomic mass is 35.5. The number of halogens is 1. The second-order valence-electron chi connectivity index (χ2n) is 6.18. The van der Waals surface area contributed by atoms with Crippen LogP contribution < -0.4 is 10.2 Å². The second kappa shape index (κ2) is 7.28. The van der Waals surface area contributed by atoms with E-state index >= 15 is 0 Å². The number of nitrogens with zero attached hydrogens (tertiary/aromatic N) is 1. The van der Waals surface area contributed by atoms with Crippen molar-refractivity contribution in [2.45, 2.75) is 39.0 Å². The van der Waals surface area contributed by atoms with Gasteiger partial charge in [0, 0.05) is 18.7 Å². The third-order valence-electron chi connectivity index (χ3n) is 4.58. The number of amides is 1. The first-order valence-electron chi connectivity index (χ1n) is 7.84. The molecule has 0 radical (unpaired) electrons. The molecule has 3 nitrogen and oxygen atoms in total. The van der Waals surface area contributed by atoms with Crippen molar-refractivity contribution in [2.24, 2.45) is 5.92 Å². The predicted octanol–water partition coefficient (Wildman–Crippen LogP) is 3.09. The molecule has 0 aromatic heterocycles. The van der Waals surface area contributed by atoms with Crippen molar-refractivity contribution < 1.29 is 4.79 Å². The Morgan fingerprint density at radius 3 is 3.05 bits per heavy atom. The molecule has 0 bridgehead atoms. The quantitative estimate of drug-likeness (QED) is 0.930. The molecule has 1 N–H and O–H groups in total. The van der Waals surface area contributed by atoms with Crippen molar-refractivity contribution in [3.8, 4) is 0 Å². The van der Waals surface area contributed by atoms with E-state index in [-0.39, 0.29) is 12.4 Å². The monoisotopic (exact) mass is 308 g/mol. The molecule has 1 saturated heterocycles. The summed E-state index contributed by atoms with van der Waals surface area (Å²) >= 11 is 0. The Morgan fingerprint density at radius 1 is 1.43 bits per heavy atom. The molecule has 21 heavy (non-hydrogen) atoms. The van der Waals surface area contributed by atoms with Gasteiger partial charge in [0.25, 0.3) is 0 Å². The van der Waals surface area contributed by atoms with Gasteiger partial charge in [-0.15, -0.1) is 12.4 Å². The fraction of sp³-hybridized carbons (Fsp3) is 0.588. The Labute approximate surface area is 133 Å². The Kier molecular flexibility index (Phi) is 5.65. The summed E-state index contributed by atoms with van der Waals surface area (Å²) in [7, 11) is 0. The number of hydrogen-bond donors (Lipinski definition) is 1. The molecule has 1 amide bonds. The van der Waals surface area contributed by atoms with E-state index < -0.39 is 0 Å². The lowest BCUT2D eigenvalue weighted by Crippen LogP contribution is -2.35. The van der Waals surface area contributed by atoms with E-state index in [1.807, 2.05) is 4.90 Å². The average Bonchev–Trinajstić information content (AvgIpc) is 2.97. The van der Waals surface area contributed by atoms with Crippen LogP contribution in [0.3, 0.4) is 0 Å². The van der Waals surface area contributed by atoms with Gasteiger partial charge in [0.05, 0.1) is 0 Å². The van der Waals surface area contributed by atoms with Crippen molar-refractivity contribution in [3.63, 3.8) is 0 Å². The first kappa shape index (κ1) is 16.3. The maximum Gasteiger partial charge on any atom is 0.226 e. The van der Waals surface area contributed by atoms with Crippen LogP contribution in [0.15, 0.2) is 18.2 Å². The molecule has 1 aromatic carbocycles. The lowest BCUT2D eigenvalue weighted by molar-refractivity contribution is -0.119. The Balaban J connectivity index is 0.00000161. The van der Waals surface area contributed by atoms with Crippen molar-refractivity contribution in [2.75, 3.05) is 24.5 Å². The molecule has 3 rings (SSSR count). The van der Waals surface area contributed by atoms with Crippen molar-refractivity contribution >= 4 is 24.0 Å². The van der Waals surface area contributed by atoms with Gasteiger partial charge in [-0.3, -0.25) is 4.79 Å². The molecular formula is C17H25ClN2O. The van der Waals surface area contributed by atoms with Gasteiger partial charge in [0.1, 0.15) is 0 Å². The molecule has 2 heterocycles. The Hall–Kier alpha value is -1.06. The first-order chi connectivity index (χ1) is 9.74. The standard InChI is InChI=1S/C17H24N2O.ClH/c1-13-4-6-16-15(11-13)3-2-10-19(16)17(20)7-5-14-8-9-18-12-14;/h4,6,11,14,18H,2-3,5,7-10,12H2,1H3;1H. The molecule has 0 spiro atoms. The molecule has 2 aliphatic heterocycles. The van der Waals surface area contributed by atoms with E-state index in [0.29, 0.717) is 18.2 Å². The van der Waals surface area contributed by atoms with Crippen LogP contribution >= 0.6 is 12.4 Å². The number of benzene rings is 1. The summed E-state index contributed by atoms with van der Waals surface area (Å²) in [6, 6.07) is 6.47. The van der Waals surface area contributed by atoms with Gasteiger partial charge >= 0.3 is 0 Å². The van der Waals surface area contributed by atoms with Crippen LogP contribution in [0.4, 0.5) is 5.69 Å². The summed E-state index contributed by atoms with van der Waals surface area (Å²) in [5.41, 5.74) is 3.78. The third kappa shape index (κ3) is 3.78. The van der Waals surface area contributed by atoms with Crippen LogP contribution in [0.1, 0.15) is 36.8 Å². The number of carbonyl (C=O) groups is 1. The molecule has 1 fully saturated rings. The predicted molar refractivity (Wildman–Crippen MR) is 89.3 cm³/mol. The summed E-state index contributed by atoms with van der Waals surface area (Å²) < 4.78 is 0. The van der Waals surface area contributed by atoms with Gasteiger partial charge in [-0.2, -0.15) is 0 Å². The summed E-state index contributed by atoms with van der Waals surface area (Å²) in [6.45, 7) is 5.21. The topological polar surface area (TPSA) is 32.3 Å². The molecule has 4 heteroatoms. The third-order valence-corrected chi connectivity index (χ3v) is 4.58. The zero-order chi connectivity index (χ0) is 13.9. The van der Waals surface area contributed by atoms with Crippen LogP contribution in [0.2, 0.25) is 0 Å². The van der Waals surface area contributed by atoms with E-state index in [9.17, 15) is 4.79 Å². The summed E-state index contributed by atoms with van der Waals surface area (Å²) in [5.74, 6) is 1.00. The summed E-state index contributed by atoms with van der Waals surface area (Å²) in [5, 5.41) is 3.37. The van der Waals surface area contributed by atoms with E-state index in [1.54, 1.807) is 0 Å². The highest BCUT2D eigenvalue weighted by molar-refractivity contribution is 5.94. The second-order valence-corrected chi connectivity index (χ2v) is 6.18. The summed E-state index contributed by atoms with van der Waals surface area (Å²) in [4.78, 5) is 14.5. The van der Waals surface area contributed by atoms with Crippen LogP contribution in [0.5, 0.6) is 0 Å². The SMILES string of the molecule is Cc1ccc2c(c1)CCCN2C(=O)CCC1CCNC1.Cl. The largest absolute Gasteiger partial charge is 0.316 e. The Bertz CT molecular complexity index is 498. The smallest absolute Gasteiger partial charge is 0.226 e. The van der Waals surface area contributed by atoms with Crippen molar-refractivity contribution in [3.05, 3.63) is 29.3 Å². The fourth-order valence-corrected chi connectivity index (χ4v) is 3.41. The molecule has 1 aromatic rings. The molecule has 116 valence electrons. The number of anilines is 1. The minimum atomic E-state index is 0. The van der Waals surface area contributed by atoms with Gasteiger partial charge < -0.3 is 10.2 Å². The average molecular weight is 309 g/mol. The van der Waals surface area contributed by atoms with Crippen LogP contribution in [-0.2, 0) is 11.2 Å². The molecular weight excluding hydrogens is 284 g/mol. The van der Waals surface area contributed by atoms with E-state index in [2.05, 4.69) is 30.4 Å². The normalized spacial score (nSPS) is 20.8. The first-order valence-corrected chi connectivity index (χ1v) is 7.84. The zero-order valence-corrected chi connectivity index (χ0v) is 13.5. The molecule has 2 aliphatic rings. The van der Waals surface area contributed by atoms with E-state index in [1.165, 1.54) is 17.5 Å². The molecule has 1 unspecified atom stereocenters. The number of hydrogen-bond acceptors (Lipinski definition) is 2. The van der Waals surface area contributed by atoms with Crippen LogP contribution in [0.25, 0.3) is 0 Å². The number of nitrogens with one attached hydrogen (secondary N) is 1. The minimum absolute atomic E-state index is 0. The van der Waals surface area contributed by atoms with Gasteiger partial charge in [-0.1, -0.05) is 17.7 Å². The lowest BCUT2D eigenvalue weighted by atomic mass is 9.98. The van der Waals surface area contributed by atoms with Crippen LogP contribution in [-0.4, -0.2) is 25.5 Å². The summed E-state index contributed by atoms with van der Waals surface area (Å²) in [6.07, 6.45) is 5.15. The maximum absolute atomic E-state index is 12.5. The van der Waals surface area contributed by atoms with Crippen LogP contribution in [0, 0.1) is 12.8 Å². The molecule has 1 atom stereocenters. The van der Waals surface area contributed by atoms with Gasteiger partial charge in [-0.25, -0.2) is 0 Å². The van der Waals surface area contributed by atoms with E-state index in [4.69, 9.17) is 0 Å². The van der Waals surface area contributed by atoms with E-state index in [0.717, 1.165) is 44.6 Å². The van der Waals surface area contributed by atoms with Gasteiger partial charge in [-0.05, 0) is 63.2 Å². The van der Waals surface area contributed by atoms with Gasteiger partial charge in [0.2, 0.25) is 5.91 Å². The highest BCUT2D eigenvalue weighted by Gasteiger charge is 2.23. The number of fused-ring (bicyclic) bond motifs is 1. The maximum atomic E-state index is 12.5. The lowest BCUT2D eigenvalue weighted by Gasteiger charge is -2.30.